The number of benzene rings is 1. The smallest absolute Gasteiger partial charge is 0.179 e. The number of halogens is 2. The van der Waals surface area contributed by atoms with Crippen molar-refractivity contribution >= 4 is 39.9 Å². The van der Waals surface area contributed by atoms with Crippen molar-refractivity contribution in [1.82, 2.24) is 4.98 Å². The lowest BCUT2D eigenvalue weighted by Crippen LogP contribution is -2.09. The lowest BCUT2D eigenvalue weighted by Gasteiger charge is -2.09. The minimum absolute atomic E-state index is 0.157. The molecule has 1 N–H and O–H groups in total. The Bertz CT molecular complexity index is 601. The molecule has 1 aliphatic rings. The average molecular weight is 254 g/mol. The van der Waals surface area contributed by atoms with Gasteiger partial charge in [0.1, 0.15) is 0 Å². The third-order valence-corrected chi connectivity index (χ3v) is 3.70. The van der Waals surface area contributed by atoms with Crippen LogP contribution in [-0.2, 0) is 6.42 Å². The molecule has 1 aliphatic carbocycles. The zero-order chi connectivity index (χ0) is 11.3. The average Bonchev–Trinajstić information content (AvgIpc) is 2.66. The molecule has 16 heavy (non-hydrogen) atoms. The van der Waals surface area contributed by atoms with Crippen LogP contribution >= 0.6 is 23.2 Å². The fourth-order valence-electron chi connectivity index (χ4n) is 2.33. The highest BCUT2D eigenvalue weighted by atomic mass is 35.5. The molecule has 1 aromatic heterocycles. The van der Waals surface area contributed by atoms with Crippen molar-refractivity contribution in [3.05, 3.63) is 33.4 Å². The monoisotopic (exact) mass is 253 g/mol. The molecule has 0 amide bonds. The van der Waals surface area contributed by atoms with E-state index in [9.17, 15) is 4.79 Å². The summed E-state index contributed by atoms with van der Waals surface area (Å²) in [6, 6.07) is 3.53. The Labute approximate surface area is 103 Å². The van der Waals surface area contributed by atoms with Gasteiger partial charge in [-0.15, -0.1) is 0 Å². The topological polar surface area (TPSA) is 32.9 Å². The number of aromatic amines is 1. The summed E-state index contributed by atoms with van der Waals surface area (Å²) in [5.74, 6) is 0.157. The molecule has 0 spiro atoms. The van der Waals surface area contributed by atoms with E-state index in [-0.39, 0.29) is 5.78 Å². The molecule has 1 heterocycles. The maximum Gasteiger partial charge on any atom is 0.179 e. The highest BCUT2D eigenvalue weighted by Crippen LogP contribution is 2.36. The predicted molar refractivity (Wildman–Crippen MR) is 65.6 cm³/mol. The van der Waals surface area contributed by atoms with Gasteiger partial charge in [0.05, 0.1) is 21.3 Å². The molecule has 82 valence electrons. The third-order valence-electron chi connectivity index (χ3n) is 3.07. The highest BCUT2D eigenvalue weighted by Gasteiger charge is 2.23. The molecule has 0 saturated heterocycles. The Kier molecular flexibility index (Phi) is 2.23. The van der Waals surface area contributed by atoms with Crippen molar-refractivity contribution in [3.8, 4) is 0 Å². The van der Waals surface area contributed by atoms with E-state index in [4.69, 9.17) is 23.2 Å². The van der Waals surface area contributed by atoms with Crippen LogP contribution in [0, 0.1) is 0 Å². The van der Waals surface area contributed by atoms with Crippen molar-refractivity contribution in [1.29, 1.82) is 0 Å². The second-order valence-electron chi connectivity index (χ2n) is 4.03. The van der Waals surface area contributed by atoms with Gasteiger partial charge in [-0.3, -0.25) is 4.79 Å². The largest absolute Gasteiger partial charge is 0.351 e. The Balaban J connectivity index is 2.45. The van der Waals surface area contributed by atoms with Gasteiger partial charge in [-0.2, -0.15) is 0 Å². The number of hydrogen-bond donors (Lipinski definition) is 1. The molecule has 0 saturated carbocycles. The molecular formula is C12H9Cl2NO. The fraction of sp³-hybridized carbons (Fsp3) is 0.250. The van der Waals surface area contributed by atoms with Crippen LogP contribution in [-0.4, -0.2) is 10.8 Å². The van der Waals surface area contributed by atoms with Gasteiger partial charge < -0.3 is 4.98 Å². The maximum atomic E-state index is 11.8. The number of nitrogens with one attached hydrogen (secondary N) is 1. The standard InChI is InChI=1S/C12H9Cl2NO/c13-7-4-5-8(14)12-10(7)6-2-1-3-9(16)11(6)15-12/h4-5,15H,1-3H2. The van der Waals surface area contributed by atoms with Gasteiger partial charge in [0.25, 0.3) is 0 Å². The molecule has 0 unspecified atom stereocenters. The van der Waals surface area contributed by atoms with Gasteiger partial charge in [-0.1, -0.05) is 23.2 Å². The summed E-state index contributed by atoms with van der Waals surface area (Å²) in [5.41, 5.74) is 2.50. The first kappa shape index (κ1) is 10.2. The number of hydrogen-bond acceptors (Lipinski definition) is 1. The first-order chi connectivity index (χ1) is 7.68. The summed E-state index contributed by atoms with van der Waals surface area (Å²) in [6.45, 7) is 0. The molecule has 0 fully saturated rings. The van der Waals surface area contributed by atoms with Crippen LogP contribution in [0.5, 0.6) is 0 Å². The molecule has 4 heteroatoms. The maximum absolute atomic E-state index is 11.8. The van der Waals surface area contributed by atoms with Crippen LogP contribution < -0.4 is 0 Å². The number of ketones is 1. The normalized spacial score (nSPS) is 15.5. The minimum atomic E-state index is 0.157. The fourth-order valence-corrected chi connectivity index (χ4v) is 2.81. The number of carbonyl (C=O) groups is 1. The van der Waals surface area contributed by atoms with Gasteiger partial charge in [-0.05, 0) is 30.5 Å². The predicted octanol–water partition coefficient (Wildman–Crippen LogP) is 3.99. The van der Waals surface area contributed by atoms with Gasteiger partial charge in [0.2, 0.25) is 0 Å². The summed E-state index contributed by atoms with van der Waals surface area (Å²) in [5, 5.41) is 2.19. The van der Waals surface area contributed by atoms with Crippen LogP contribution in [0.1, 0.15) is 28.9 Å². The van der Waals surface area contributed by atoms with Crippen LogP contribution in [0.25, 0.3) is 10.9 Å². The van der Waals surface area contributed by atoms with Crippen molar-refractivity contribution in [2.75, 3.05) is 0 Å². The van der Waals surface area contributed by atoms with Gasteiger partial charge >= 0.3 is 0 Å². The summed E-state index contributed by atoms with van der Waals surface area (Å²) in [4.78, 5) is 14.9. The Morgan fingerprint density at radius 3 is 2.69 bits per heavy atom. The second kappa shape index (κ2) is 3.51. The Morgan fingerprint density at radius 2 is 1.88 bits per heavy atom. The van der Waals surface area contributed by atoms with Crippen LogP contribution in [0.3, 0.4) is 0 Å². The van der Waals surface area contributed by atoms with Crippen LogP contribution in [0.4, 0.5) is 0 Å². The number of aryl methyl sites for hydroxylation is 1. The quantitative estimate of drug-likeness (QED) is 0.757. The number of fused-ring (bicyclic) bond motifs is 3. The van der Waals surface area contributed by atoms with E-state index in [0.717, 1.165) is 29.3 Å². The third kappa shape index (κ3) is 1.30. The van der Waals surface area contributed by atoms with Crippen molar-refractivity contribution in [2.24, 2.45) is 0 Å². The van der Waals surface area contributed by atoms with E-state index in [2.05, 4.69) is 4.98 Å². The van der Waals surface area contributed by atoms with E-state index in [1.165, 1.54) is 0 Å². The summed E-state index contributed by atoms with van der Waals surface area (Å²) < 4.78 is 0. The summed E-state index contributed by atoms with van der Waals surface area (Å²) in [6.07, 6.45) is 2.39. The highest BCUT2D eigenvalue weighted by molar-refractivity contribution is 6.40. The molecule has 0 aliphatic heterocycles. The molecule has 2 nitrogen and oxygen atoms in total. The van der Waals surface area contributed by atoms with Crippen LogP contribution in [0.2, 0.25) is 10.0 Å². The zero-order valence-electron chi connectivity index (χ0n) is 8.44. The van der Waals surface area contributed by atoms with Crippen molar-refractivity contribution < 1.29 is 4.79 Å². The van der Waals surface area contributed by atoms with Crippen molar-refractivity contribution in [2.45, 2.75) is 19.3 Å². The first-order valence-corrected chi connectivity index (χ1v) is 5.96. The van der Waals surface area contributed by atoms with E-state index in [1.807, 2.05) is 0 Å². The van der Waals surface area contributed by atoms with Gasteiger partial charge in [0, 0.05) is 11.8 Å². The number of rotatable bonds is 0. The molecule has 1 aromatic carbocycles. The zero-order valence-corrected chi connectivity index (χ0v) is 9.95. The Morgan fingerprint density at radius 1 is 1.12 bits per heavy atom. The van der Waals surface area contributed by atoms with E-state index in [1.54, 1.807) is 12.1 Å². The minimum Gasteiger partial charge on any atom is -0.351 e. The second-order valence-corrected chi connectivity index (χ2v) is 4.85. The van der Waals surface area contributed by atoms with E-state index in [0.29, 0.717) is 22.2 Å². The molecule has 3 rings (SSSR count). The first-order valence-electron chi connectivity index (χ1n) is 5.20. The molecule has 0 radical (unpaired) electrons. The number of carbonyl (C=O) groups excluding carboxylic acids is 1. The van der Waals surface area contributed by atoms with E-state index >= 15 is 0 Å². The van der Waals surface area contributed by atoms with Crippen molar-refractivity contribution in [3.63, 3.8) is 0 Å². The van der Waals surface area contributed by atoms with Gasteiger partial charge in [-0.25, -0.2) is 0 Å². The molecule has 0 atom stereocenters. The summed E-state index contributed by atoms with van der Waals surface area (Å²) >= 11 is 12.3. The number of Topliss-reactive ketones (excluding diaryl/α,β-unsaturated/α-hetero) is 1. The Hall–Kier alpha value is -0.990. The number of H-pyrrole nitrogens is 1. The summed E-state index contributed by atoms with van der Waals surface area (Å²) in [7, 11) is 0. The number of aromatic nitrogens is 1. The SMILES string of the molecule is O=C1CCCc2c1[nH]c1c(Cl)ccc(Cl)c21. The lowest BCUT2D eigenvalue weighted by molar-refractivity contribution is 0.0968. The van der Waals surface area contributed by atoms with Gasteiger partial charge in [0.15, 0.2) is 5.78 Å². The van der Waals surface area contributed by atoms with E-state index < -0.39 is 0 Å². The molecular weight excluding hydrogens is 245 g/mol. The molecule has 0 bridgehead atoms. The molecule has 2 aromatic rings. The van der Waals surface area contributed by atoms with Crippen LogP contribution in [0.15, 0.2) is 12.1 Å². The lowest BCUT2D eigenvalue weighted by atomic mass is 9.95.